The van der Waals surface area contributed by atoms with Crippen LogP contribution in [0.5, 0.6) is 0 Å². The van der Waals surface area contributed by atoms with E-state index in [4.69, 9.17) is 35.7 Å². The molecule has 0 fully saturated rings. The van der Waals surface area contributed by atoms with Crippen LogP contribution in [0.25, 0.3) is 11.1 Å². The summed E-state index contributed by atoms with van der Waals surface area (Å²) < 4.78 is 69.4. The molecule has 17 heteroatoms. The van der Waals surface area contributed by atoms with Gasteiger partial charge in [-0.1, -0.05) is 30.3 Å². The second-order valence-corrected chi connectivity index (χ2v) is 10.2. The van der Waals surface area contributed by atoms with E-state index in [-0.39, 0.29) is 24.5 Å². The van der Waals surface area contributed by atoms with Gasteiger partial charge in [-0.25, -0.2) is 14.6 Å². The van der Waals surface area contributed by atoms with Gasteiger partial charge in [-0.15, -0.1) is 0 Å². The number of carboxylic acids is 2. The average Bonchev–Trinajstić information content (AvgIpc) is 3.38. The average molecular weight is 669 g/mol. The van der Waals surface area contributed by atoms with Crippen molar-refractivity contribution < 1.29 is 60.8 Å². The van der Waals surface area contributed by atoms with Crippen LogP contribution in [-0.2, 0) is 16.0 Å². The standard InChI is InChI=1S/C25H36N4O3.2C2HF3O2/c1-16-13-21-23(14-17(16)2)32-25(29-21)24(31)20(11-10-18-7-4-3-5-8-18)28-15-22(30)19(27)9-6-12-26;2*3-2(4,5)1(6)7/h3-5,7-8,13-14,19-20,22,24,28,30-31H,6,9-12,15,26-27H2,1-2H3;2*(H,6,7)/t19-,20-,22?,24?;;/m1../s1. The third-order valence-electron chi connectivity index (χ3n) is 6.55. The van der Waals surface area contributed by atoms with Crippen molar-refractivity contribution in [1.29, 1.82) is 0 Å². The Bertz CT molecular complexity index is 1310. The van der Waals surface area contributed by atoms with Gasteiger partial charge < -0.3 is 41.6 Å². The molecule has 0 amide bonds. The maximum Gasteiger partial charge on any atom is 0.490 e. The van der Waals surface area contributed by atoms with Crippen molar-refractivity contribution in [2.45, 2.75) is 76.2 Å². The number of benzene rings is 2. The number of fused-ring (bicyclic) bond motifs is 1. The minimum Gasteiger partial charge on any atom is -0.475 e. The number of aliphatic hydroxyl groups is 2. The van der Waals surface area contributed by atoms with E-state index in [1.54, 1.807) is 0 Å². The molecule has 2 unspecified atom stereocenters. The number of carbonyl (C=O) groups is 2. The number of oxazole rings is 1. The lowest BCUT2D eigenvalue weighted by atomic mass is 10.00. The number of aliphatic hydroxyl groups excluding tert-OH is 2. The first kappa shape index (κ1) is 40.3. The molecule has 0 spiro atoms. The van der Waals surface area contributed by atoms with Crippen molar-refractivity contribution in [3.8, 4) is 0 Å². The van der Waals surface area contributed by atoms with Crippen LogP contribution in [0.2, 0.25) is 0 Å². The van der Waals surface area contributed by atoms with Gasteiger partial charge in [0.25, 0.3) is 0 Å². The molecule has 0 aliphatic rings. The van der Waals surface area contributed by atoms with Crippen molar-refractivity contribution in [1.82, 2.24) is 10.3 Å². The van der Waals surface area contributed by atoms with E-state index in [0.717, 1.165) is 29.5 Å². The van der Waals surface area contributed by atoms with E-state index < -0.39 is 36.5 Å². The maximum atomic E-state index is 11.1. The molecule has 0 aliphatic heterocycles. The van der Waals surface area contributed by atoms with Crippen molar-refractivity contribution in [3.63, 3.8) is 0 Å². The zero-order valence-corrected chi connectivity index (χ0v) is 25.0. The molecule has 0 bridgehead atoms. The van der Waals surface area contributed by atoms with Gasteiger partial charge in [0.15, 0.2) is 5.58 Å². The van der Waals surface area contributed by atoms with E-state index >= 15 is 0 Å². The van der Waals surface area contributed by atoms with Crippen molar-refractivity contribution in [3.05, 3.63) is 65.0 Å². The first-order valence-electron chi connectivity index (χ1n) is 13.8. The maximum absolute atomic E-state index is 11.1. The molecule has 0 radical (unpaired) electrons. The van der Waals surface area contributed by atoms with Crippen LogP contribution < -0.4 is 16.8 Å². The third kappa shape index (κ3) is 14.1. The van der Waals surface area contributed by atoms with Crippen LogP contribution in [0.3, 0.4) is 0 Å². The summed E-state index contributed by atoms with van der Waals surface area (Å²) in [5.74, 6) is -5.24. The number of hydrogen-bond donors (Lipinski definition) is 7. The molecule has 9 N–H and O–H groups in total. The third-order valence-corrected chi connectivity index (χ3v) is 6.55. The fourth-order valence-electron chi connectivity index (χ4n) is 3.80. The lowest BCUT2D eigenvalue weighted by Crippen LogP contribution is -2.46. The van der Waals surface area contributed by atoms with Gasteiger partial charge in [0, 0.05) is 18.6 Å². The monoisotopic (exact) mass is 668 g/mol. The zero-order valence-electron chi connectivity index (χ0n) is 25.0. The number of carboxylic acid groups (broad SMARTS) is 2. The zero-order chi connectivity index (χ0) is 35.2. The number of rotatable bonds is 12. The van der Waals surface area contributed by atoms with E-state index in [1.165, 1.54) is 5.56 Å². The SMILES string of the molecule is Cc1cc2nc(C(O)[C@@H](CCc3ccccc3)NCC(O)[C@H](N)CCCN)oc2cc1C.O=C(O)C(F)(F)F.O=C(O)C(F)(F)F. The van der Waals surface area contributed by atoms with Crippen molar-refractivity contribution >= 4 is 23.0 Å². The molecule has 1 aromatic heterocycles. The number of nitrogens with two attached hydrogens (primary N) is 2. The molecule has 3 rings (SSSR count). The van der Waals surface area contributed by atoms with Gasteiger partial charge in [-0.3, -0.25) is 0 Å². The van der Waals surface area contributed by atoms with Crippen molar-refractivity contribution in [2.24, 2.45) is 11.5 Å². The molecular formula is C29H38F6N4O7. The van der Waals surface area contributed by atoms with Crippen LogP contribution in [0.1, 0.15) is 47.9 Å². The van der Waals surface area contributed by atoms with Crippen LogP contribution in [0.15, 0.2) is 46.9 Å². The molecule has 2 aromatic carbocycles. The number of hydrogen-bond acceptors (Lipinski definition) is 9. The number of halogens is 6. The number of aryl methyl sites for hydroxylation is 3. The van der Waals surface area contributed by atoms with Gasteiger partial charge >= 0.3 is 24.3 Å². The van der Waals surface area contributed by atoms with E-state index in [9.17, 15) is 36.6 Å². The normalized spacial score (nSPS) is 14.3. The molecule has 0 saturated carbocycles. The van der Waals surface area contributed by atoms with Gasteiger partial charge in [-0.2, -0.15) is 26.3 Å². The van der Waals surface area contributed by atoms with E-state index in [2.05, 4.69) is 22.4 Å². The van der Waals surface area contributed by atoms with Crippen LogP contribution in [-0.4, -0.2) is 81.0 Å². The first-order chi connectivity index (χ1) is 21.3. The smallest absolute Gasteiger partial charge is 0.475 e. The summed E-state index contributed by atoms with van der Waals surface area (Å²) >= 11 is 0. The van der Waals surface area contributed by atoms with Gasteiger partial charge in [0.2, 0.25) is 5.89 Å². The Hall–Kier alpha value is -3.77. The predicted octanol–water partition coefficient (Wildman–Crippen LogP) is 3.76. The molecule has 0 saturated heterocycles. The van der Waals surface area contributed by atoms with Gasteiger partial charge in [0.1, 0.15) is 11.6 Å². The second-order valence-electron chi connectivity index (χ2n) is 10.2. The fraction of sp³-hybridized carbons (Fsp3) is 0.483. The molecular weight excluding hydrogens is 630 g/mol. The molecule has 3 aromatic rings. The number of aromatic nitrogens is 1. The highest BCUT2D eigenvalue weighted by atomic mass is 19.4. The highest BCUT2D eigenvalue weighted by Crippen LogP contribution is 2.26. The van der Waals surface area contributed by atoms with Crippen LogP contribution >= 0.6 is 0 Å². The Morgan fingerprint density at radius 2 is 1.46 bits per heavy atom. The summed E-state index contributed by atoms with van der Waals surface area (Å²) in [6.07, 6.45) is -9.03. The Morgan fingerprint density at radius 3 is 1.96 bits per heavy atom. The summed E-state index contributed by atoms with van der Waals surface area (Å²) in [6, 6.07) is 13.3. The van der Waals surface area contributed by atoms with Gasteiger partial charge in [0.05, 0.1) is 6.10 Å². The Balaban J connectivity index is 0.000000629. The quantitative estimate of drug-likeness (QED) is 0.138. The summed E-state index contributed by atoms with van der Waals surface area (Å²) in [4.78, 5) is 22.3. The van der Waals surface area contributed by atoms with E-state index in [1.807, 2.05) is 44.2 Å². The minimum absolute atomic E-state index is 0.265. The molecule has 0 aliphatic carbocycles. The lowest BCUT2D eigenvalue weighted by Gasteiger charge is -2.26. The molecule has 4 atom stereocenters. The fourth-order valence-corrected chi connectivity index (χ4v) is 3.80. The second kappa shape index (κ2) is 18.4. The Kier molecular flexibility index (Phi) is 16.1. The minimum atomic E-state index is -5.08. The van der Waals surface area contributed by atoms with E-state index in [0.29, 0.717) is 25.0 Å². The topological polar surface area (TPSA) is 205 Å². The summed E-state index contributed by atoms with van der Waals surface area (Å²) in [5, 5.41) is 39.2. The highest BCUT2D eigenvalue weighted by Gasteiger charge is 2.39. The molecule has 1 heterocycles. The summed E-state index contributed by atoms with van der Waals surface area (Å²) in [7, 11) is 0. The number of nitrogens with zero attached hydrogens (tertiary/aromatic N) is 1. The van der Waals surface area contributed by atoms with Crippen LogP contribution in [0, 0.1) is 13.8 Å². The Morgan fingerprint density at radius 1 is 0.935 bits per heavy atom. The van der Waals surface area contributed by atoms with Gasteiger partial charge in [-0.05, 0) is 74.9 Å². The summed E-state index contributed by atoms with van der Waals surface area (Å²) in [6.45, 7) is 4.86. The van der Waals surface area contributed by atoms with Crippen LogP contribution in [0.4, 0.5) is 26.3 Å². The number of aliphatic carboxylic acids is 2. The first-order valence-corrected chi connectivity index (χ1v) is 13.8. The number of nitrogens with one attached hydrogen (secondary N) is 1. The largest absolute Gasteiger partial charge is 0.490 e. The van der Waals surface area contributed by atoms with Crippen molar-refractivity contribution in [2.75, 3.05) is 13.1 Å². The molecule has 258 valence electrons. The summed E-state index contributed by atoms with van der Waals surface area (Å²) in [5.41, 5.74) is 16.4. The molecule has 11 nitrogen and oxygen atoms in total. The molecule has 46 heavy (non-hydrogen) atoms. The predicted molar refractivity (Wildman–Crippen MR) is 155 cm³/mol. The Labute approximate surface area is 260 Å². The highest BCUT2D eigenvalue weighted by molar-refractivity contribution is 5.75. The lowest BCUT2D eigenvalue weighted by molar-refractivity contribution is -0.193. The number of alkyl halides is 6.